The Hall–Kier alpha value is -3.26. The average Bonchev–Trinajstić information content (AvgIpc) is 3.42. The lowest BCUT2D eigenvalue weighted by molar-refractivity contribution is 0.460. The van der Waals surface area contributed by atoms with Gasteiger partial charge in [0.2, 0.25) is 0 Å². The molecule has 0 saturated carbocycles. The van der Waals surface area contributed by atoms with E-state index in [1.54, 1.807) is 33.0 Å². The molecule has 2 aromatic heterocycles. The summed E-state index contributed by atoms with van der Waals surface area (Å²) < 4.78 is 4.26. The molecule has 1 unspecified atom stereocenters. The predicted molar refractivity (Wildman–Crippen MR) is 131 cm³/mol. The van der Waals surface area contributed by atoms with E-state index in [4.69, 9.17) is 0 Å². The number of phenols is 1. The van der Waals surface area contributed by atoms with Crippen LogP contribution in [-0.4, -0.2) is 45.6 Å². The lowest BCUT2D eigenvalue weighted by Gasteiger charge is -2.37. The first-order chi connectivity index (χ1) is 15.5. The lowest BCUT2D eigenvalue weighted by Crippen LogP contribution is -2.46. The van der Waals surface area contributed by atoms with Crippen LogP contribution in [-0.2, 0) is 0 Å². The van der Waals surface area contributed by atoms with Crippen molar-refractivity contribution in [2.75, 3.05) is 36.0 Å². The number of anilines is 2. The molecule has 5 rings (SSSR count). The van der Waals surface area contributed by atoms with Gasteiger partial charge in [0.1, 0.15) is 12.1 Å². The van der Waals surface area contributed by atoms with Crippen LogP contribution in [0.4, 0.5) is 11.4 Å². The molecule has 7 nitrogen and oxygen atoms in total. The molecule has 1 saturated heterocycles. The zero-order valence-electron chi connectivity index (χ0n) is 18.3. The number of aromatic nitrogens is 3. The van der Waals surface area contributed by atoms with Crippen molar-refractivity contribution < 1.29 is 5.11 Å². The number of hydrogen-bond acceptors (Lipinski definition) is 6. The molecule has 32 heavy (non-hydrogen) atoms. The van der Waals surface area contributed by atoms with E-state index in [1.165, 1.54) is 11.1 Å². The van der Waals surface area contributed by atoms with Gasteiger partial charge in [-0.1, -0.05) is 6.92 Å². The van der Waals surface area contributed by atoms with Crippen molar-refractivity contribution in [3.05, 3.63) is 64.7 Å². The molecule has 3 heterocycles. The van der Waals surface area contributed by atoms with Gasteiger partial charge in [0.05, 0.1) is 17.4 Å². The number of rotatable bonds is 5. The molecule has 0 aliphatic carbocycles. The van der Waals surface area contributed by atoms with Crippen molar-refractivity contribution in [1.82, 2.24) is 14.3 Å². The molecule has 8 heteroatoms. The fourth-order valence-electron chi connectivity index (χ4n) is 4.25. The van der Waals surface area contributed by atoms with Crippen LogP contribution in [0.25, 0.3) is 15.8 Å². The lowest BCUT2D eigenvalue weighted by atomic mass is 10.2. The highest BCUT2D eigenvalue weighted by Gasteiger charge is 2.20. The Bertz CT molecular complexity index is 1280. The highest BCUT2D eigenvalue weighted by atomic mass is 32.1. The highest BCUT2D eigenvalue weighted by Crippen LogP contribution is 2.35. The summed E-state index contributed by atoms with van der Waals surface area (Å²) in [5.41, 5.74) is 3.14. The Morgan fingerprint density at radius 3 is 2.44 bits per heavy atom. The minimum atomic E-state index is -0.1000. The van der Waals surface area contributed by atoms with E-state index in [-0.39, 0.29) is 11.7 Å². The third-order valence-corrected chi connectivity index (χ3v) is 7.29. The summed E-state index contributed by atoms with van der Waals surface area (Å²) in [6, 6.07) is 13.8. The summed E-state index contributed by atoms with van der Waals surface area (Å²) in [7, 11) is 0. The largest absolute Gasteiger partial charge is 0.508 e. The second kappa shape index (κ2) is 8.35. The van der Waals surface area contributed by atoms with Gasteiger partial charge in [-0.2, -0.15) is 5.10 Å². The number of nitrogens with zero attached hydrogens (tertiary/aromatic N) is 5. The number of fused-ring (bicyclic) bond motifs is 1. The minimum Gasteiger partial charge on any atom is -0.508 e. The van der Waals surface area contributed by atoms with Gasteiger partial charge in [0, 0.05) is 47.3 Å². The quantitative estimate of drug-likeness (QED) is 0.493. The Morgan fingerprint density at radius 1 is 1.03 bits per heavy atom. The maximum Gasteiger partial charge on any atom is 0.350 e. The van der Waals surface area contributed by atoms with E-state index in [1.807, 2.05) is 31.2 Å². The number of phenolic OH excluding ortho intramolecular Hbond substituents is 1. The van der Waals surface area contributed by atoms with Gasteiger partial charge in [0.15, 0.2) is 0 Å². The second-order valence-corrected chi connectivity index (χ2v) is 9.19. The highest BCUT2D eigenvalue weighted by molar-refractivity contribution is 7.17. The molecule has 2 aromatic carbocycles. The van der Waals surface area contributed by atoms with E-state index >= 15 is 0 Å². The van der Waals surface area contributed by atoms with Gasteiger partial charge in [-0.15, -0.1) is 11.3 Å². The molecule has 166 valence electrons. The first-order valence-corrected chi connectivity index (χ1v) is 11.9. The second-order valence-electron chi connectivity index (χ2n) is 8.28. The van der Waals surface area contributed by atoms with Crippen LogP contribution in [0, 0.1) is 0 Å². The smallest absolute Gasteiger partial charge is 0.350 e. The summed E-state index contributed by atoms with van der Waals surface area (Å²) >= 11 is 1.67. The van der Waals surface area contributed by atoms with E-state index in [0.29, 0.717) is 5.75 Å². The molecule has 0 radical (unpaired) electrons. The zero-order chi connectivity index (χ0) is 22.2. The van der Waals surface area contributed by atoms with Gasteiger partial charge in [-0.05, 0) is 55.8 Å². The van der Waals surface area contributed by atoms with Crippen molar-refractivity contribution >= 4 is 32.8 Å². The first kappa shape index (κ1) is 20.6. The summed E-state index contributed by atoms with van der Waals surface area (Å²) in [4.78, 5) is 17.5. The fourth-order valence-corrected chi connectivity index (χ4v) is 5.25. The molecule has 1 atom stereocenters. The van der Waals surface area contributed by atoms with Crippen LogP contribution in [0.5, 0.6) is 5.75 Å². The molecule has 0 amide bonds. The monoisotopic (exact) mass is 449 g/mol. The van der Waals surface area contributed by atoms with Crippen LogP contribution >= 0.6 is 11.3 Å². The molecular formula is C24H27N5O2S. The van der Waals surface area contributed by atoms with Crippen molar-refractivity contribution in [3.63, 3.8) is 0 Å². The molecule has 4 aromatic rings. The Labute approximate surface area is 190 Å². The van der Waals surface area contributed by atoms with Crippen molar-refractivity contribution in [1.29, 1.82) is 0 Å². The minimum absolute atomic E-state index is 0.0883. The normalized spacial score (nSPS) is 15.4. The maximum atomic E-state index is 12.7. The van der Waals surface area contributed by atoms with Crippen molar-refractivity contribution in [2.24, 2.45) is 0 Å². The van der Waals surface area contributed by atoms with Crippen LogP contribution in [0.2, 0.25) is 0 Å². The van der Waals surface area contributed by atoms with Crippen LogP contribution in [0.1, 0.15) is 26.3 Å². The Kier molecular flexibility index (Phi) is 5.38. The third kappa shape index (κ3) is 3.64. The van der Waals surface area contributed by atoms with Crippen LogP contribution in [0.3, 0.4) is 0 Å². The van der Waals surface area contributed by atoms with Crippen molar-refractivity contribution in [2.45, 2.75) is 26.3 Å². The molecule has 0 bridgehead atoms. The standard InChI is InChI=1S/C24H27N5O2S/c1-3-17(2)29-24(31)28(16-25-29)19-6-4-18(5-7-19)26-10-12-27(13-11-26)22-15-32-23-14-20(30)8-9-21(22)23/h4-9,14-17,30H,3,10-13H2,1-2H3. The van der Waals surface area contributed by atoms with Crippen LogP contribution in [0.15, 0.2) is 59.0 Å². The zero-order valence-corrected chi connectivity index (χ0v) is 19.1. The van der Waals surface area contributed by atoms with E-state index in [2.05, 4.69) is 39.3 Å². The van der Waals surface area contributed by atoms with E-state index in [9.17, 15) is 9.90 Å². The van der Waals surface area contributed by atoms with E-state index in [0.717, 1.165) is 48.7 Å². The Morgan fingerprint density at radius 2 is 1.72 bits per heavy atom. The molecule has 0 spiro atoms. The number of thiophene rings is 1. The summed E-state index contributed by atoms with van der Waals surface area (Å²) in [5, 5.41) is 17.4. The van der Waals surface area contributed by atoms with Gasteiger partial charge in [-0.25, -0.2) is 14.0 Å². The molecule has 1 fully saturated rings. The van der Waals surface area contributed by atoms with Crippen LogP contribution < -0.4 is 15.5 Å². The summed E-state index contributed by atoms with van der Waals surface area (Å²) in [5.74, 6) is 0.314. The SMILES string of the molecule is CCC(C)n1ncn(-c2ccc(N3CCN(c4csc5cc(O)ccc45)CC3)cc2)c1=O. The van der Waals surface area contributed by atoms with Gasteiger partial charge in [-0.3, -0.25) is 0 Å². The fraction of sp³-hybridized carbons (Fsp3) is 0.333. The average molecular weight is 450 g/mol. The molecule has 1 aliphatic heterocycles. The summed E-state index contributed by atoms with van der Waals surface area (Å²) in [6.07, 6.45) is 2.47. The molecule has 1 aliphatic rings. The molecular weight excluding hydrogens is 422 g/mol. The number of piperazine rings is 1. The maximum absolute atomic E-state index is 12.7. The van der Waals surface area contributed by atoms with Gasteiger partial charge < -0.3 is 14.9 Å². The van der Waals surface area contributed by atoms with Gasteiger partial charge in [0.25, 0.3) is 0 Å². The number of aromatic hydroxyl groups is 1. The summed E-state index contributed by atoms with van der Waals surface area (Å²) in [6.45, 7) is 7.80. The Balaban J connectivity index is 1.28. The first-order valence-electron chi connectivity index (χ1n) is 11.0. The third-order valence-electron chi connectivity index (χ3n) is 6.35. The van der Waals surface area contributed by atoms with Gasteiger partial charge >= 0.3 is 5.69 Å². The topological polar surface area (TPSA) is 66.5 Å². The van der Waals surface area contributed by atoms with Crippen molar-refractivity contribution in [3.8, 4) is 11.4 Å². The van der Waals surface area contributed by atoms with E-state index < -0.39 is 0 Å². The molecule has 1 N–H and O–H groups in total. The number of benzene rings is 2. The predicted octanol–water partition coefficient (Wildman–Crippen LogP) is 4.25. The number of hydrogen-bond donors (Lipinski definition) is 1.